The van der Waals surface area contributed by atoms with Crippen LogP contribution in [-0.2, 0) is 21.4 Å². The van der Waals surface area contributed by atoms with E-state index in [1.807, 2.05) is 0 Å². The molecule has 0 aliphatic rings. The number of carboxylic acids is 1. The van der Waals surface area contributed by atoms with Gasteiger partial charge in [0.2, 0.25) is 10.0 Å². The van der Waals surface area contributed by atoms with Crippen molar-refractivity contribution in [1.29, 1.82) is 0 Å². The molecule has 1 heterocycles. The van der Waals surface area contributed by atoms with Gasteiger partial charge in [0.1, 0.15) is 11.4 Å². The lowest BCUT2D eigenvalue weighted by Gasteiger charge is -2.19. The highest BCUT2D eigenvalue weighted by atomic mass is 32.2. The van der Waals surface area contributed by atoms with E-state index in [4.69, 9.17) is 5.11 Å². The Balaban J connectivity index is 3.36. The highest BCUT2D eigenvalue weighted by Crippen LogP contribution is 2.23. The molecule has 8 heteroatoms. The zero-order valence-electron chi connectivity index (χ0n) is 12.1. The molecule has 0 spiro atoms. The predicted octanol–water partition coefficient (Wildman–Crippen LogP) is 0.947. The van der Waals surface area contributed by atoms with Gasteiger partial charge < -0.3 is 5.11 Å². The normalized spacial score (nSPS) is 11.6. The minimum atomic E-state index is -3.79. The molecule has 1 N–H and O–H groups in total. The van der Waals surface area contributed by atoms with Gasteiger partial charge in [-0.3, -0.25) is 9.48 Å². The van der Waals surface area contributed by atoms with Crippen LogP contribution in [0.15, 0.2) is 30.2 Å². The van der Waals surface area contributed by atoms with Crippen LogP contribution >= 0.6 is 0 Å². The Morgan fingerprint density at radius 2 is 1.86 bits per heavy atom. The number of aromatic nitrogens is 2. The lowest BCUT2D eigenvalue weighted by molar-refractivity contribution is -0.137. The molecule has 0 atom stereocenters. The minimum absolute atomic E-state index is 0.0347. The number of carbonyl (C=O) groups is 1. The summed E-state index contributed by atoms with van der Waals surface area (Å²) < 4.78 is 27.7. The van der Waals surface area contributed by atoms with Gasteiger partial charge in [0.15, 0.2) is 0 Å². The summed E-state index contributed by atoms with van der Waals surface area (Å²) in [6.45, 7) is 10.0. The highest BCUT2D eigenvalue weighted by molar-refractivity contribution is 7.89. The number of hydrogen-bond acceptors (Lipinski definition) is 4. The number of carboxylic acid groups (broad SMARTS) is 1. The van der Waals surface area contributed by atoms with Crippen LogP contribution in [0.2, 0.25) is 0 Å². The van der Waals surface area contributed by atoms with Gasteiger partial charge in [-0.2, -0.15) is 9.40 Å². The third-order valence-electron chi connectivity index (χ3n) is 2.86. The first kappa shape index (κ1) is 17.1. The maximum atomic E-state index is 12.7. The first-order valence-electron chi connectivity index (χ1n) is 6.23. The number of aryl methyl sites for hydroxylation is 1. The van der Waals surface area contributed by atoms with Crippen LogP contribution in [-0.4, -0.2) is 46.7 Å². The Labute approximate surface area is 124 Å². The van der Waals surface area contributed by atoms with Crippen molar-refractivity contribution in [1.82, 2.24) is 14.1 Å². The summed E-state index contributed by atoms with van der Waals surface area (Å²) in [6, 6.07) is 0. The van der Waals surface area contributed by atoms with Crippen LogP contribution in [0.1, 0.15) is 11.4 Å². The van der Waals surface area contributed by atoms with Crippen LogP contribution < -0.4 is 0 Å². The van der Waals surface area contributed by atoms with Gasteiger partial charge >= 0.3 is 5.97 Å². The molecule has 1 rings (SSSR count). The molecular formula is C13H19N3O4S. The topological polar surface area (TPSA) is 92.5 Å². The van der Waals surface area contributed by atoms with E-state index in [0.717, 1.165) is 0 Å². The number of nitrogens with zero attached hydrogens (tertiary/aromatic N) is 3. The van der Waals surface area contributed by atoms with Gasteiger partial charge in [-0.1, -0.05) is 12.2 Å². The van der Waals surface area contributed by atoms with Gasteiger partial charge in [-0.05, 0) is 13.8 Å². The fourth-order valence-electron chi connectivity index (χ4n) is 2.02. The van der Waals surface area contributed by atoms with E-state index in [0.29, 0.717) is 5.69 Å². The fourth-order valence-corrected chi connectivity index (χ4v) is 3.78. The van der Waals surface area contributed by atoms with E-state index in [-0.39, 0.29) is 30.2 Å². The molecule has 0 amide bonds. The number of sulfonamides is 1. The van der Waals surface area contributed by atoms with Crippen LogP contribution in [0.5, 0.6) is 0 Å². The Morgan fingerprint density at radius 3 is 2.29 bits per heavy atom. The summed E-state index contributed by atoms with van der Waals surface area (Å²) in [6.07, 6.45) is 2.96. The van der Waals surface area contributed by atoms with E-state index in [2.05, 4.69) is 18.3 Å². The second kappa shape index (κ2) is 6.68. The van der Waals surface area contributed by atoms with Crippen LogP contribution in [0, 0.1) is 13.8 Å². The summed E-state index contributed by atoms with van der Waals surface area (Å²) in [5.41, 5.74) is 0.569. The second-order valence-corrected chi connectivity index (χ2v) is 6.33. The standard InChI is InChI=1S/C13H19N3O4S/c1-5-7-15(8-6-2)21(19,20)13-10(3)14-16(11(13)4)9-12(17)18/h5-6H,1-2,7-9H2,3-4H3,(H,17,18). The fraction of sp³-hybridized carbons (Fsp3) is 0.385. The lowest BCUT2D eigenvalue weighted by Crippen LogP contribution is -2.32. The number of hydrogen-bond donors (Lipinski definition) is 1. The Morgan fingerprint density at radius 1 is 1.33 bits per heavy atom. The lowest BCUT2D eigenvalue weighted by atomic mass is 10.4. The summed E-state index contributed by atoms with van der Waals surface area (Å²) in [5, 5.41) is 12.8. The summed E-state index contributed by atoms with van der Waals surface area (Å²) in [4.78, 5) is 10.8. The van der Waals surface area contributed by atoms with Gasteiger partial charge in [-0.15, -0.1) is 13.2 Å². The predicted molar refractivity (Wildman–Crippen MR) is 78.5 cm³/mol. The molecular weight excluding hydrogens is 294 g/mol. The molecule has 1 aromatic rings. The maximum absolute atomic E-state index is 12.7. The van der Waals surface area contributed by atoms with Gasteiger partial charge in [-0.25, -0.2) is 8.42 Å². The molecule has 0 bridgehead atoms. The third kappa shape index (κ3) is 3.59. The monoisotopic (exact) mass is 313 g/mol. The van der Waals surface area contributed by atoms with Crippen molar-refractivity contribution >= 4 is 16.0 Å². The molecule has 0 aliphatic heterocycles. The van der Waals surface area contributed by atoms with E-state index in [9.17, 15) is 13.2 Å². The molecule has 7 nitrogen and oxygen atoms in total. The van der Waals surface area contributed by atoms with E-state index >= 15 is 0 Å². The quantitative estimate of drug-likeness (QED) is 0.721. The van der Waals surface area contributed by atoms with Gasteiger partial charge in [0.05, 0.1) is 11.4 Å². The SMILES string of the molecule is C=CCN(CC=C)S(=O)(=O)c1c(C)nn(CC(=O)O)c1C. The first-order chi connectivity index (χ1) is 9.75. The third-order valence-corrected chi connectivity index (χ3v) is 4.95. The van der Waals surface area contributed by atoms with Crippen molar-refractivity contribution in [3.05, 3.63) is 36.7 Å². The Bertz CT molecular complexity index is 651. The zero-order chi connectivity index (χ0) is 16.2. The summed E-state index contributed by atoms with van der Waals surface area (Å²) in [7, 11) is -3.79. The van der Waals surface area contributed by atoms with Crippen LogP contribution in [0.3, 0.4) is 0 Å². The van der Waals surface area contributed by atoms with Gasteiger partial charge in [0.25, 0.3) is 0 Å². The van der Waals surface area contributed by atoms with E-state index in [1.54, 1.807) is 0 Å². The van der Waals surface area contributed by atoms with Crippen molar-refractivity contribution in [3.63, 3.8) is 0 Å². The number of aliphatic carboxylic acids is 1. The molecule has 0 aliphatic carbocycles. The van der Waals surface area contributed by atoms with Crippen molar-refractivity contribution in [2.75, 3.05) is 13.1 Å². The number of rotatable bonds is 8. The first-order valence-corrected chi connectivity index (χ1v) is 7.67. The molecule has 116 valence electrons. The van der Waals surface area contributed by atoms with Crippen molar-refractivity contribution in [3.8, 4) is 0 Å². The molecule has 0 saturated heterocycles. The van der Waals surface area contributed by atoms with Crippen molar-refractivity contribution in [2.45, 2.75) is 25.3 Å². The molecule has 0 fully saturated rings. The Kier molecular flexibility index (Phi) is 5.45. The zero-order valence-corrected chi connectivity index (χ0v) is 12.9. The van der Waals surface area contributed by atoms with Gasteiger partial charge in [0, 0.05) is 13.1 Å². The smallest absolute Gasteiger partial charge is 0.325 e. The molecule has 0 aromatic carbocycles. The maximum Gasteiger partial charge on any atom is 0.325 e. The summed E-state index contributed by atoms with van der Waals surface area (Å²) >= 11 is 0. The summed E-state index contributed by atoms with van der Waals surface area (Å²) in [5.74, 6) is -1.08. The molecule has 0 unspecified atom stereocenters. The van der Waals surface area contributed by atoms with Crippen LogP contribution in [0.25, 0.3) is 0 Å². The molecule has 0 radical (unpaired) electrons. The highest BCUT2D eigenvalue weighted by Gasteiger charge is 2.30. The van der Waals surface area contributed by atoms with E-state index in [1.165, 1.54) is 35.0 Å². The molecule has 1 aromatic heterocycles. The average Bonchev–Trinajstić information content (AvgIpc) is 2.63. The van der Waals surface area contributed by atoms with Crippen molar-refractivity contribution in [2.24, 2.45) is 0 Å². The minimum Gasteiger partial charge on any atom is -0.480 e. The largest absolute Gasteiger partial charge is 0.480 e. The average molecular weight is 313 g/mol. The molecule has 21 heavy (non-hydrogen) atoms. The van der Waals surface area contributed by atoms with E-state index < -0.39 is 16.0 Å². The van der Waals surface area contributed by atoms with Crippen molar-refractivity contribution < 1.29 is 18.3 Å². The molecule has 0 saturated carbocycles. The second-order valence-electron chi connectivity index (χ2n) is 4.45. The van der Waals surface area contributed by atoms with Crippen LogP contribution in [0.4, 0.5) is 0 Å². The Hall–Kier alpha value is -1.93.